The lowest BCUT2D eigenvalue weighted by Gasteiger charge is -2.07. The second kappa shape index (κ2) is 16.5. The van der Waals surface area contributed by atoms with Crippen molar-refractivity contribution in [2.45, 2.75) is 96.5 Å². The molecule has 3 nitrogen and oxygen atoms in total. The lowest BCUT2D eigenvalue weighted by molar-refractivity contribution is -0.140. The third-order valence-electron chi connectivity index (χ3n) is 3.95. The molecule has 130 valence electrons. The molecular weight excluding hydrogens is 276 g/mol. The van der Waals surface area contributed by atoms with E-state index in [-0.39, 0.29) is 12.1 Å². The predicted molar refractivity (Wildman–Crippen MR) is 92.9 cm³/mol. The Labute approximate surface area is 137 Å². The van der Waals surface area contributed by atoms with Gasteiger partial charge in [0.1, 0.15) is 0 Å². The number of unbranched alkanes of at least 4 members (excludes halogenated alkanes) is 8. The summed E-state index contributed by atoms with van der Waals surface area (Å²) in [5.41, 5.74) is 0. The maximum Gasteiger partial charge on any atom is 0.305 e. The second-order valence-corrected chi connectivity index (χ2v) is 6.09. The Morgan fingerprint density at radius 3 is 2.41 bits per heavy atom. The maximum atomic E-state index is 10.9. The normalized spacial score (nSPS) is 12.7. The third-order valence-corrected chi connectivity index (χ3v) is 3.95. The van der Waals surface area contributed by atoms with Crippen molar-refractivity contribution in [2.24, 2.45) is 0 Å². The van der Waals surface area contributed by atoms with E-state index in [1.54, 1.807) is 0 Å². The van der Waals surface area contributed by atoms with Crippen molar-refractivity contribution in [3.63, 3.8) is 0 Å². The highest BCUT2D eigenvalue weighted by atomic mass is 16.5. The average Bonchev–Trinajstić information content (AvgIpc) is 2.53. The van der Waals surface area contributed by atoms with Gasteiger partial charge in [-0.1, -0.05) is 64.0 Å². The number of hydrogen-bond donors (Lipinski definition) is 1. The standard InChI is InChI=1S/C19H36O3/c1-3-4-5-12-15-18(20)16-13-10-8-6-7-9-11-14-17-19(21)22-2/h10,13,18,20H,3-9,11-12,14-17H2,1-2H3/t18-/m0/s1. The molecule has 0 saturated heterocycles. The van der Waals surface area contributed by atoms with Gasteiger partial charge in [-0.25, -0.2) is 0 Å². The SMILES string of the molecule is CCCCCC[C@H](O)CC=CCCCCCCCC(=O)OC. The van der Waals surface area contributed by atoms with E-state index in [1.807, 2.05) is 0 Å². The van der Waals surface area contributed by atoms with Crippen LogP contribution in [0.2, 0.25) is 0 Å². The van der Waals surface area contributed by atoms with Gasteiger partial charge in [-0.2, -0.15) is 0 Å². The van der Waals surface area contributed by atoms with Crippen molar-refractivity contribution in [2.75, 3.05) is 7.11 Å². The lowest BCUT2D eigenvalue weighted by atomic mass is 10.1. The van der Waals surface area contributed by atoms with Gasteiger partial charge in [-0.15, -0.1) is 0 Å². The molecule has 0 aliphatic carbocycles. The Bertz CT molecular complexity index is 274. The van der Waals surface area contributed by atoms with Crippen LogP contribution in [0, 0.1) is 0 Å². The summed E-state index contributed by atoms with van der Waals surface area (Å²) < 4.78 is 4.61. The molecule has 0 fully saturated rings. The number of allylic oxidation sites excluding steroid dienone is 1. The summed E-state index contributed by atoms with van der Waals surface area (Å²) in [6.07, 6.45) is 18.1. The van der Waals surface area contributed by atoms with Gasteiger partial charge in [0.15, 0.2) is 0 Å². The van der Waals surface area contributed by atoms with Crippen LogP contribution in [0.4, 0.5) is 0 Å². The van der Waals surface area contributed by atoms with Gasteiger partial charge in [-0.3, -0.25) is 4.79 Å². The first-order valence-electron chi connectivity index (χ1n) is 9.10. The van der Waals surface area contributed by atoms with Crippen LogP contribution in [0.15, 0.2) is 12.2 Å². The van der Waals surface area contributed by atoms with Crippen molar-refractivity contribution < 1.29 is 14.6 Å². The Balaban J connectivity index is 3.28. The molecule has 0 bridgehead atoms. The number of aliphatic hydroxyl groups excluding tert-OH is 1. The summed E-state index contributed by atoms with van der Waals surface area (Å²) >= 11 is 0. The zero-order chi connectivity index (χ0) is 16.5. The van der Waals surface area contributed by atoms with E-state index < -0.39 is 0 Å². The monoisotopic (exact) mass is 312 g/mol. The molecule has 0 aromatic carbocycles. The molecule has 0 unspecified atom stereocenters. The first-order valence-corrected chi connectivity index (χ1v) is 9.10. The van der Waals surface area contributed by atoms with Crippen LogP contribution in [0.1, 0.15) is 90.4 Å². The first kappa shape index (κ1) is 21.2. The van der Waals surface area contributed by atoms with E-state index in [2.05, 4.69) is 23.8 Å². The minimum Gasteiger partial charge on any atom is -0.469 e. The number of carbonyl (C=O) groups excluding carboxylic acids is 1. The zero-order valence-electron chi connectivity index (χ0n) is 14.7. The molecule has 1 atom stereocenters. The quantitative estimate of drug-likeness (QED) is 0.258. The molecule has 0 spiro atoms. The largest absolute Gasteiger partial charge is 0.469 e. The molecular formula is C19H36O3. The summed E-state index contributed by atoms with van der Waals surface area (Å²) in [6, 6.07) is 0. The Morgan fingerprint density at radius 1 is 1.00 bits per heavy atom. The highest BCUT2D eigenvalue weighted by Crippen LogP contribution is 2.10. The molecule has 0 aromatic rings. The van der Waals surface area contributed by atoms with E-state index in [9.17, 15) is 9.90 Å². The van der Waals surface area contributed by atoms with Crippen LogP contribution in [-0.2, 0) is 9.53 Å². The fraction of sp³-hybridized carbons (Fsp3) is 0.842. The minimum atomic E-state index is -0.161. The van der Waals surface area contributed by atoms with Crippen molar-refractivity contribution in [3.05, 3.63) is 12.2 Å². The van der Waals surface area contributed by atoms with E-state index in [1.165, 1.54) is 45.6 Å². The Hall–Kier alpha value is -0.830. The molecule has 0 aromatic heterocycles. The molecule has 0 radical (unpaired) electrons. The van der Waals surface area contributed by atoms with Gasteiger partial charge in [0.25, 0.3) is 0 Å². The van der Waals surface area contributed by atoms with Gasteiger partial charge in [0, 0.05) is 6.42 Å². The van der Waals surface area contributed by atoms with Gasteiger partial charge in [0.05, 0.1) is 13.2 Å². The van der Waals surface area contributed by atoms with Gasteiger partial charge < -0.3 is 9.84 Å². The maximum absolute atomic E-state index is 10.9. The molecule has 1 N–H and O–H groups in total. The molecule has 3 heteroatoms. The topological polar surface area (TPSA) is 46.5 Å². The fourth-order valence-electron chi connectivity index (χ4n) is 2.46. The number of carbonyl (C=O) groups is 1. The van der Waals surface area contributed by atoms with E-state index in [0.717, 1.165) is 38.5 Å². The van der Waals surface area contributed by atoms with E-state index in [4.69, 9.17) is 0 Å². The molecule has 0 aliphatic rings. The molecule has 0 aliphatic heterocycles. The molecule has 0 saturated carbocycles. The summed E-state index contributed by atoms with van der Waals surface area (Å²) in [4.78, 5) is 10.9. The number of aliphatic hydroxyl groups is 1. The van der Waals surface area contributed by atoms with Gasteiger partial charge >= 0.3 is 5.97 Å². The molecule has 0 rings (SSSR count). The summed E-state index contributed by atoms with van der Waals surface area (Å²) in [5, 5.41) is 9.82. The highest BCUT2D eigenvalue weighted by Gasteiger charge is 2.01. The van der Waals surface area contributed by atoms with Crippen molar-refractivity contribution in [1.29, 1.82) is 0 Å². The summed E-state index contributed by atoms with van der Waals surface area (Å²) in [7, 11) is 1.44. The Morgan fingerprint density at radius 2 is 1.68 bits per heavy atom. The predicted octanol–water partition coefficient (Wildman–Crippen LogP) is 5.17. The van der Waals surface area contributed by atoms with Crippen LogP contribution in [0.25, 0.3) is 0 Å². The first-order chi connectivity index (χ1) is 10.7. The van der Waals surface area contributed by atoms with Gasteiger partial charge in [-0.05, 0) is 32.1 Å². The lowest BCUT2D eigenvalue weighted by Crippen LogP contribution is -2.04. The average molecular weight is 312 g/mol. The number of methoxy groups -OCH3 is 1. The van der Waals surface area contributed by atoms with Crippen molar-refractivity contribution >= 4 is 5.97 Å². The van der Waals surface area contributed by atoms with Crippen LogP contribution in [-0.4, -0.2) is 24.3 Å². The smallest absolute Gasteiger partial charge is 0.305 e. The summed E-state index contributed by atoms with van der Waals surface area (Å²) in [6.45, 7) is 2.21. The van der Waals surface area contributed by atoms with Crippen LogP contribution < -0.4 is 0 Å². The Kier molecular flexibility index (Phi) is 15.9. The second-order valence-electron chi connectivity index (χ2n) is 6.09. The number of esters is 1. The summed E-state index contributed by atoms with van der Waals surface area (Å²) in [5.74, 6) is -0.101. The highest BCUT2D eigenvalue weighted by molar-refractivity contribution is 5.68. The van der Waals surface area contributed by atoms with Crippen LogP contribution in [0.3, 0.4) is 0 Å². The number of hydrogen-bond acceptors (Lipinski definition) is 3. The van der Waals surface area contributed by atoms with Crippen molar-refractivity contribution in [3.8, 4) is 0 Å². The number of rotatable bonds is 15. The molecule has 22 heavy (non-hydrogen) atoms. The minimum absolute atomic E-state index is 0.101. The van der Waals surface area contributed by atoms with Crippen LogP contribution >= 0.6 is 0 Å². The number of ether oxygens (including phenoxy) is 1. The van der Waals surface area contributed by atoms with E-state index in [0.29, 0.717) is 6.42 Å². The third kappa shape index (κ3) is 15.6. The van der Waals surface area contributed by atoms with Crippen LogP contribution in [0.5, 0.6) is 0 Å². The molecule has 0 amide bonds. The molecule has 0 heterocycles. The van der Waals surface area contributed by atoms with E-state index >= 15 is 0 Å². The van der Waals surface area contributed by atoms with Crippen molar-refractivity contribution in [1.82, 2.24) is 0 Å². The van der Waals surface area contributed by atoms with Gasteiger partial charge in [0.2, 0.25) is 0 Å². The fourth-order valence-corrected chi connectivity index (χ4v) is 2.46. The zero-order valence-corrected chi connectivity index (χ0v) is 14.7.